The number of hydrogen-bond donors (Lipinski definition) is 1. The van der Waals surface area contributed by atoms with Gasteiger partial charge in [0.25, 0.3) is 0 Å². The fraction of sp³-hybridized carbons (Fsp3) is 0.733. The third-order valence-electron chi connectivity index (χ3n) is 3.75. The first-order valence-corrected chi connectivity index (χ1v) is 7.39. The quantitative estimate of drug-likeness (QED) is 0.857. The topological polar surface area (TPSA) is 47.0 Å². The van der Waals surface area contributed by atoms with E-state index >= 15 is 0 Å². The van der Waals surface area contributed by atoms with E-state index < -0.39 is 0 Å². The first-order chi connectivity index (χ1) is 9.22. The highest BCUT2D eigenvalue weighted by molar-refractivity contribution is 5.47. The lowest BCUT2D eigenvalue weighted by atomic mass is 9.96. The molecule has 1 heterocycles. The van der Waals surface area contributed by atoms with Crippen molar-refractivity contribution in [1.29, 1.82) is 0 Å². The standard InChI is InChI=1S/C15H25N3O/c1-4-19-9-14(11(2)3)18-15-12-7-5-6-8-13(12)16-10-17-15/h10-11,14H,4-9H2,1-3H3,(H,16,17,18). The summed E-state index contributed by atoms with van der Waals surface area (Å²) in [6, 6.07) is 0.306. The molecule has 1 aromatic heterocycles. The number of aryl methyl sites for hydroxylation is 1. The number of hydrogen-bond acceptors (Lipinski definition) is 4. The minimum atomic E-state index is 0.306. The molecule has 1 aliphatic rings. The molecule has 0 aromatic carbocycles. The molecule has 0 aliphatic heterocycles. The maximum atomic E-state index is 5.57. The number of aromatic nitrogens is 2. The van der Waals surface area contributed by atoms with Gasteiger partial charge in [-0.1, -0.05) is 13.8 Å². The fourth-order valence-electron chi connectivity index (χ4n) is 2.47. The van der Waals surface area contributed by atoms with Crippen LogP contribution >= 0.6 is 0 Å². The molecule has 4 nitrogen and oxygen atoms in total. The third kappa shape index (κ3) is 3.66. The molecular formula is C15H25N3O. The van der Waals surface area contributed by atoms with E-state index in [1.165, 1.54) is 24.1 Å². The van der Waals surface area contributed by atoms with Crippen molar-refractivity contribution < 1.29 is 4.74 Å². The maximum absolute atomic E-state index is 5.57. The van der Waals surface area contributed by atoms with E-state index in [9.17, 15) is 0 Å². The molecule has 1 atom stereocenters. The monoisotopic (exact) mass is 263 g/mol. The molecule has 4 heteroatoms. The predicted octanol–water partition coefficient (Wildman–Crippen LogP) is 2.83. The number of nitrogens with one attached hydrogen (secondary N) is 1. The lowest BCUT2D eigenvalue weighted by molar-refractivity contribution is 0.126. The van der Waals surface area contributed by atoms with Gasteiger partial charge in [0.15, 0.2) is 0 Å². The van der Waals surface area contributed by atoms with Crippen LogP contribution in [0.4, 0.5) is 5.82 Å². The van der Waals surface area contributed by atoms with Gasteiger partial charge in [-0.15, -0.1) is 0 Å². The molecule has 0 spiro atoms. The van der Waals surface area contributed by atoms with Gasteiger partial charge in [-0.3, -0.25) is 0 Å². The summed E-state index contributed by atoms with van der Waals surface area (Å²) in [6.07, 6.45) is 6.36. The van der Waals surface area contributed by atoms with Crippen LogP contribution in [-0.4, -0.2) is 29.2 Å². The maximum Gasteiger partial charge on any atom is 0.133 e. The van der Waals surface area contributed by atoms with Crippen LogP contribution < -0.4 is 5.32 Å². The van der Waals surface area contributed by atoms with E-state index in [4.69, 9.17) is 4.74 Å². The number of anilines is 1. The molecule has 1 aromatic rings. The molecule has 0 radical (unpaired) electrons. The normalized spacial score (nSPS) is 16.2. The van der Waals surface area contributed by atoms with Crippen molar-refractivity contribution in [2.75, 3.05) is 18.5 Å². The Labute approximate surface area is 116 Å². The van der Waals surface area contributed by atoms with Gasteiger partial charge in [-0.25, -0.2) is 9.97 Å². The van der Waals surface area contributed by atoms with E-state index in [1.54, 1.807) is 6.33 Å². The van der Waals surface area contributed by atoms with E-state index in [-0.39, 0.29) is 0 Å². The van der Waals surface area contributed by atoms with Crippen molar-refractivity contribution in [3.8, 4) is 0 Å². The van der Waals surface area contributed by atoms with Gasteiger partial charge in [-0.2, -0.15) is 0 Å². The fourth-order valence-corrected chi connectivity index (χ4v) is 2.47. The number of nitrogens with zero attached hydrogens (tertiary/aromatic N) is 2. The van der Waals surface area contributed by atoms with Gasteiger partial charge in [-0.05, 0) is 38.5 Å². The minimum Gasteiger partial charge on any atom is -0.380 e. The molecule has 0 saturated heterocycles. The summed E-state index contributed by atoms with van der Waals surface area (Å²) in [5.41, 5.74) is 2.54. The Bertz CT molecular complexity index is 406. The Morgan fingerprint density at radius 2 is 2.05 bits per heavy atom. The van der Waals surface area contributed by atoms with Crippen LogP contribution in [0.1, 0.15) is 44.9 Å². The second-order valence-electron chi connectivity index (χ2n) is 5.51. The SMILES string of the molecule is CCOCC(Nc1ncnc2c1CCCC2)C(C)C. The number of ether oxygens (including phenoxy) is 1. The second-order valence-corrected chi connectivity index (χ2v) is 5.51. The Hall–Kier alpha value is -1.16. The summed E-state index contributed by atoms with van der Waals surface area (Å²) in [4.78, 5) is 8.86. The molecule has 0 bridgehead atoms. The highest BCUT2D eigenvalue weighted by Gasteiger charge is 2.19. The smallest absolute Gasteiger partial charge is 0.133 e. The van der Waals surface area contributed by atoms with E-state index in [0.29, 0.717) is 12.0 Å². The summed E-state index contributed by atoms with van der Waals surface area (Å²) in [5, 5.41) is 3.57. The van der Waals surface area contributed by atoms with Crippen LogP contribution in [-0.2, 0) is 17.6 Å². The molecule has 0 fully saturated rings. The van der Waals surface area contributed by atoms with Crippen LogP contribution in [0.5, 0.6) is 0 Å². The van der Waals surface area contributed by atoms with Crippen molar-refractivity contribution in [2.24, 2.45) is 5.92 Å². The second kappa shape index (κ2) is 6.85. The molecule has 1 unspecified atom stereocenters. The van der Waals surface area contributed by atoms with Gasteiger partial charge in [0.05, 0.1) is 12.6 Å². The van der Waals surface area contributed by atoms with Gasteiger partial charge in [0.2, 0.25) is 0 Å². The lowest BCUT2D eigenvalue weighted by Gasteiger charge is -2.25. The first-order valence-electron chi connectivity index (χ1n) is 7.39. The van der Waals surface area contributed by atoms with Gasteiger partial charge < -0.3 is 10.1 Å². The molecule has 2 rings (SSSR count). The minimum absolute atomic E-state index is 0.306. The van der Waals surface area contributed by atoms with Crippen LogP contribution in [0, 0.1) is 5.92 Å². The zero-order valence-electron chi connectivity index (χ0n) is 12.3. The Morgan fingerprint density at radius 3 is 2.79 bits per heavy atom. The van der Waals surface area contributed by atoms with Crippen LogP contribution in [0.3, 0.4) is 0 Å². The van der Waals surface area contributed by atoms with E-state index in [0.717, 1.165) is 31.9 Å². The van der Waals surface area contributed by atoms with Crippen molar-refractivity contribution >= 4 is 5.82 Å². The number of rotatable bonds is 6. The van der Waals surface area contributed by atoms with Gasteiger partial charge >= 0.3 is 0 Å². The molecule has 0 saturated carbocycles. The summed E-state index contributed by atoms with van der Waals surface area (Å²) < 4.78 is 5.57. The van der Waals surface area contributed by atoms with E-state index in [1.807, 2.05) is 6.92 Å². The van der Waals surface area contributed by atoms with Crippen molar-refractivity contribution in [1.82, 2.24) is 9.97 Å². The predicted molar refractivity (Wildman–Crippen MR) is 77.4 cm³/mol. The zero-order valence-corrected chi connectivity index (χ0v) is 12.3. The molecule has 19 heavy (non-hydrogen) atoms. The van der Waals surface area contributed by atoms with Crippen LogP contribution in [0.15, 0.2) is 6.33 Å². The number of fused-ring (bicyclic) bond motifs is 1. The van der Waals surface area contributed by atoms with Crippen molar-refractivity contribution in [3.63, 3.8) is 0 Å². The summed E-state index contributed by atoms with van der Waals surface area (Å²) in [6.45, 7) is 7.94. The molecule has 1 N–H and O–H groups in total. The molecule has 0 amide bonds. The average Bonchev–Trinajstić information content (AvgIpc) is 2.43. The largest absolute Gasteiger partial charge is 0.380 e. The third-order valence-corrected chi connectivity index (χ3v) is 3.75. The first kappa shape index (κ1) is 14.3. The Morgan fingerprint density at radius 1 is 1.26 bits per heavy atom. The zero-order chi connectivity index (χ0) is 13.7. The summed E-state index contributed by atoms with van der Waals surface area (Å²) in [7, 11) is 0. The van der Waals surface area contributed by atoms with Crippen molar-refractivity contribution in [3.05, 3.63) is 17.6 Å². The highest BCUT2D eigenvalue weighted by Crippen LogP contribution is 2.25. The Balaban J connectivity index is 2.12. The van der Waals surface area contributed by atoms with Gasteiger partial charge in [0.1, 0.15) is 12.1 Å². The molecular weight excluding hydrogens is 238 g/mol. The van der Waals surface area contributed by atoms with Crippen LogP contribution in [0.2, 0.25) is 0 Å². The molecule has 106 valence electrons. The highest BCUT2D eigenvalue weighted by atomic mass is 16.5. The van der Waals surface area contributed by atoms with Crippen molar-refractivity contribution in [2.45, 2.75) is 52.5 Å². The molecule has 1 aliphatic carbocycles. The lowest BCUT2D eigenvalue weighted by Crippen LogP contribution is -2.32. The average molecular weight is 263 g/mol. The van der Waals surface area contributed by atoms with E-state index in [2.05, 4.69) is 29.1 Å². The summed E-state index contributed by atoms with van der Waals surface area (Å²) in [5.74, 6) is 1.53. The summed E-state index contributed by atoms with van der Waals surface area (Å²) >= 11 is 0. The Kier molecular flexibility index (Phi) is 5.14. The van der Waals surface area contributed by atoms with Gasteiger partial charge in [0, 0.05) is 17.9 Å². The van der Waals surface area contributed by atoms with Crippen LogP contribution in [0.25, 0.3) is 0 Å².